The molecule has 0 radical (unpaired) electrons. The third kappa shape index (κ3) is 4.13. The standard InChI is InChI=1S/C22H20F2N2O6/c23-22(24)17(19(22)20(29)26-32-11-18(27)28)9-25-21(30)31-10-16-14-7-3-1-5-12(14)13-6-2-4-8-15(13)16/h1-8,16-17,19H,9-11H2,(H,25,30)(H,26,29)(H,27,28). The highest BCUT2D eigenvalue weighted by Crippen LogP contribution is 2.55. The van der Waals surface area contributed by atoms with Crippen LogP contribution in [0.4, 0.5) is 13.6 Å². The Labute approximate surface area is 181 Å². The first kappa shape index (κ1) is 21.7. The zero-order valence-corrected chi connectivity index (χ0v) is 16.7. The number of benzene rings is 2. The number of nitrogens with one attached hydrogen (secondary N) is 2. The van der Waals surface area contributed by atoms with Crippen LogP contribution in [-0.4, -0.2) is 48.8 Å². The number of carboxylic acids is 1. The van der Waals surface area contributed by atoms with Crippen molar-refractivity contribution in [3.8, 4) is 11.1 Å². The van der Waals surface area contributed by atoms with Gasteiger partial charge in [0.15, 0.2) is 6.61 Å². The lowest BCUT2D eigenvalue weighted by atomic mass is 9.98. The van der Waals surface area contributed by atoms with Gasteiger partial charge in [-0.05, 0) is 22.3 Å². The average Bonchev–Trinajstić information content (AvgIpc) is 3.17. The number of hydrogen-bond acceptors (Lipinski definition) is 5. The summed E-state index contributed by atoms with van der Waals surface area (Å²) >= 11 is 0. The van der Waals surface area contributed by atoms with Crippen molar-refractivity contribution in [1.82, 2.24) is 10.8 Å². The molecule has 2 atom stereocenters. The summed E-state index contributed by atoms with van der Waals surface area (Å²) in [6, 6.07) is 15.6. The van der Waals surface area contributed by atoms with Crippen molar-refractivity contribution >= 4 is 18.0 Å². The summed E-state index contributed by atoms with van der Waals surface area (Å²) in [6.07, 6.45) is -0.865. The summed E-state index contributed by atoms with van der Waals surface area (Å²) in [6.45, 7) is -1.29. The first-order valence-electron chi connectivity index (χ1n) is 9.90. The molecule has 8 nitrogen and oxygen atoms in total. The number of carbonyl (C=O) groups excluding carboxylic acids is 2. The van der Waals surface area contributed by atoms with E-state index in [-0.39, 0.29) is 12.5 Å². The second kappa shape index (κ2) is 8.54. The highest BCUT2D eigenvalue weighted by Gasteiger charge is 2.71. The van der Waals surface area contributed by atoms with E-state index >= 15 is 0 Å². The summed E-state index contributed by atoms with van der Waals surface area (Å²) < 4.78 is 33.1. The lowest BCUT2D eigenvalue weighted by Gasteiger charge is -2.14. The quantitative estimate of drug-likeness (QED) is 0.537. The van der Waals surface area contributed by atoms with Crippen molar-refractivity contribution < 1.29 is 37.8 Å². The van der Waals surface area contributed by atoms with Crippen molar-refractivity contribution in [2.24, 2.45) is 11.8 Å². The molecule has 4 rings (SSSR count). The lowest BCUT2D eigenvalue weighted by molar-refractivity contribution is -0.150. The van der Waals surface area contributed by atoms with Crippen LogP contribution in [0.2, 0.25) is 0 Å². The van der Waals surface area contributed by atoms with Gasteiger partial charge in [-0.2, -0.15) is 0 Å². The Kier molecular flexibility index (Phi) is 5.79. The first-order valence-corrected chi connectivity index (χ1v) is 9.90. The minimum absolute atomic E-state index is 0.0356. The van der Waals surface area contributed by atoms with E-state index in [9.17, 15) is 23.2 Å². The van der Waals surface area contributed by atoms with E-state index in [2.05, 4.69) is 10.2 Å². The molecule has 0 saturated heterocycles. The molecule has 2 aliphatic rings. The molecule has 0 bridgehead atoms. The normalized spacial score (nSPS) is 20.1. The van der Waals surface area contributed by atoms with E-state index in [0.29, 0.717) is 0 Å². The molecule has 0 spiro atoms. The van der Waals surface area contributed by atoms with E-state index in [4.69, 9.17) is 9.84 Å². The second-order valence-electron chi connectivity index (χ2n) is 7.61. The van der Waals surface area contributed by atoms with Gasteiger partial charge in [-0.25, -0.2) is 23.9 Å². The smallest absolute Gasteiger partial charge is 0.407 e. The fourth-order valence-electron chi connectivity index (χ4n) is 4.08. The van der Waals surface area contributed by atoms with Crippen LogP contribution in [0.5, 0.6) is 0 Å². The Hall–Kier alpha value is -3.53. The Bertz CT molecular complexity index is 1010. The van der Waals surface area contributed by atoms with Gasteiger partial charge in [-0.1, -0.05) is 48.5 Å². The summed E-state index contributed by atoms with van der Waals surface area (Å²) in [5.41, 5.74) is 5.86. The molecule has 168 valence electrons. The number of fused-ring (bicyclic) bond motifs is 3. The second-order valence-corrected chi connectivity index (χ2v) is 7.61. The number of aliphatic carboxylic acids is 1. The Morgan fingerprint density at radius 1 is 1.00 bits per heavy atom. The van der Waals surface area contributed by atoms with Crippen LogP contribution in [0.25, 0.3) is 11.1 Å². The third-order valence-electron chi connectivity index (χ3n) is 5.66. The third-order valence-corrected chi connectivity index (χ3v) is 5.66. The molecule has 0 aliphatic heterocycles. The molecule has 2 aromatic carbocycles. The molecule has 3 N–H and O–H groups in total. The van der Waals surface area contributed by atoms with E-state index in [1.54, 1.807) is 5.48 Å². The van der Waals surface area contributed by atoms with Gasteiger partial charge in [0.05, 0.1) is 5.92 Å². The molecule has 2 aromatic rings. The Morgan fingerprint density at radius 2 is 1.59 bits per heavy atom. The maximum absolute atomic E-state index is 13.9. The van der Waals surface area contributed by atoms with Crippen molar-refractivity contribution in [3.05, 3.63) is 59.7 Å². The van der Waals surface area contributed by atoms with Crippen LogP contribution in [-0.2, 0) is 19.2 Å². The maximum atomic E-state index is 13.9. The first-order chi connectivity index (χ1) is 15.3. The number of halogens is 2. The van der Waals surface area contributed by atoms with Crippen LogP contribution in [0, 0.1) is 11.8 Å². The van der Waals surface area contributed by atoms with Gasteiger partial charge in [-0.15, -0.1) is 0 Å². The molecule has 0 aromatic heterocycles. The van der Waals surface area contributed by atoms with Crippen molar-refractivity contribution in [2.75, 3.05) is 19.8 Å². The van der Waals surface area contributed by atoms with Gasteiger partial charge in [0.2, 0.25) is 0 Å². The van der Waals surface area contributed by atoms with Crippen molar-refractivity contribution in [1.29, 1.82) is 0 Å². The summed E-state index contributed by atoms with van der Waals surface area (Å²) in [4.78, 5) is 38.5. The fourth-order valence-corrected chi connectivity index (χ4v) is 4.08. The van der Waals surface area contributed by atoms with Gasteiger partial charge in [-0.3, -0.25) is 9.63 Å². The number of rotatable bonds is 8. The lowest BCUT2D eigenvalue weighted by Crippen LogP contribution is -2.31. The zero-order chi connectivity index (χ0) is 22.9. The number of carboxylic acid groups (broad SMARTS) is 1. The monoisotopic (exact) mass is 446 g/mol. The van der Waals surface area contributed by atoms with Crippen LogP contribution >= 0.6 is 0 Å². The minimum atomic E-state index is -3.34. The minimum Gasteiger partial charge on any atom is -0.479 e. The Morgan fingerprint density at radius 3 is 2.19 bits per heavy atom. The van der Waals surface area contributed by atoms with Gasteiger partial charge >= 0.3 is 12.1 Å². The molecule has 1 fully saturated rings. The molecule has 2 unspecified atom stereocenters. The molecule has 2 aliphatic carbocycles. The molecular formula is C22H20F2N2O6. The Balaban J connectivity index is 1.29. The fraction of sp³-hybridized carbons (Fsp3) is 0.318. The van der Waals surface area contributed by atoms with Gasteiger partial charge < -0.3 is 15.2 Å². The SMILES string of the molecule is O=C(O)CONC(=O)C1C(CNC(=O)OCC2c3ccccc3-c3ccccc32)C1(F)F. The van der Waals surface area contributed by atoms with Crippen LogP contribution in [0.3, 0.4) is 0 Å². The largest absolute Gasteiger partial charge is 0.479 e. The summed E-state index contributed by atoms with van der Waals surface area (Å²) in [5.74, 6) is -9.16. The topological polar surface area (TPSA) is 114 Å². The van der Waals surface area contributed by atoms with Gasteiger partial charge in [0.1, 0.15) is 12.5 Å². The summed E-state index contributed by atoms with van der Waals surface area (Å²) in [5, 5.41) is 10.7. The summed E-state index contributed by atoms with van der Waals surface area (Å²) in [7, 11) is 0. The van der Waals surface area contributed by atoms with E-state index in [1.807, 2.05) is 48.5 Å². The predicted molar refractivity (Wildman–Crippen MR) is 107 cm³/mol. The maximum Gasteiger partial charge on any atom is 0.407 e. The number of alkyl carbamates (subject to hydrolysis) is 1. The van der Waals surface area contributed by atoms with Gasteiger partial charge in [0.25, 0.3) is 11.8 Å². The predicted octanol–water partition coefficient (Wildman–Crippen LogP) is 2.54. The van der Waals surface area contributed by atoms with E-state index < -0.39 is 48.9 Å². The number of ether oxygens (including phenoxy) is 1. The molecule has 2 amide bonds. The number of amides is 2. The highest BCUT2D eigenvalue weighted by molar-refractivity contribution is 5.83. The van der Waals surface area contributed by atoms with Crippen LogP contribution in [0.15, 0.2) is 48.5 Å². The van der Waals surface area contributed by atoms with Crippen molar-refractivity contribution in [3.63, 3.8) is 0 Å². The molecule has 32 heavy (non-hydrogen) atoms. The van der Waals surface area contributed by atoms with E-state index in [1.165, 1.54) is 0 Å². The van der Waals surface area contributed by atoms with E-state index in [0.717, 1.165) is 22.3 Å². The number of hydrogen-bond donors (Lipinski definition) is 3. The molecular weight excluding hydrogens is 426 g/mol. The zero-order valence-electron chi connectivity index (χ0n) is 16.7. The molecule has 10 heteroatoms. The average molecular weight is 446 g/mol. The van der Waals surface area contributed by atoms with Crippen LogP contribution in [0.1, 0.15) is 17.0 Å². The highest BCUT2D eigenvalue weighted by atomic mass is 19.3. The molecule has 0 heterocycles. The van der Waals surface area contributed by atoms with Crippen LogP contribution < -0.4 is 10.8 Å². The number of carbonyl (C=O) groups is 3. The van der Waals surface area contributed by atoms with Crippen molar-refractivity contribution in [2.45, 2.75) is 11.8 Å². The number of alkyl halides is 2. The molecule has 1 saturated carbocycles. The number of hydroxylamine groups is 1. The van der Waals surface area contributed by atoms with Gasteiger partial charge in [0, 0.05) is 12.5 Å².